The number of carboxylic acid groups (broad SMARTS) is 3. The molecule has 0 saturated heterocycles. The third kappa shape index (κ3) is 8.77. The Morgan fingerprint density at radius 1 is 0.818 bits per heavy atom. The molecule has 0 rings (SSSR count). The fourth-order valence-corrected chi connectivity index (χ4v) is 1.64. The van der Waals surface area contributed by atoms with Gasteiger partial charge in [0.2, 0.25) is 0 Å². The van der Waals surface area contributed by atoms with Gasteiger partial charge in [-0.2, -0.15) is 0 Å². The van der Waals surface area contributed by atoms with Crippen LogP contribution in [0.25, 0.3) is 0 Å². The van der Waals surface area contributed by atoms with Crippen LogP contribution >= 0.6 is 0 Å². The average molecular weight is 318 g/mol. The number of nitrogens with one attached hydrogen (secondary N) is 2. The van der Waals surface area contributed by atoms with Crippen molar-refractivity contribution in [1.29, 1.82) is 0 Å². The number of urea groups is 1. The highest BCUT2D eigenvalue weighted by atomic mass is 16.4. The van der Waals surface area contributed by atoms with Gasteiger partial charge in [-0.1, -0.05) is 13.8 Å². The minimum absolute atomic E-state index is 0.216. The summed E-state index contributed by atoms with van der Waals surface area (Å²) >= 11 is 0. The van der Waals surface area contributed by atoms with Crippen molar-refractivity contribution in [3.8, 4) is 0 Å². The van der Waals surface area contributed by atoms with Crippen molar-refractivity contribution in [2.24, 2.45) is 5.92 Å². The van der Waals surface area contributed by atoms with Gasteiger partial charge in [0, 0.05) is 6.42 Å². The molecule has 2 atom stereocenters. The fraction of sp³-hybridized carbons (Fsp3) is 0.692. The second-order valence-electron chi connectivity index (χ2n) is 5.30. The molecule has 0 aliphatic heterocycles. The number of rotatable bonds is 10. The smallest absolute Gasteiger partial charge is 0.326 e. The highest BCUT2D eigenvalue weighted by Crippen LogP contribution is 2.07. The van der Waals surface area contributed by atoms with E-state index in [9.17, 15) is 19.2 Å². The summed E-state index contributed by atoms with van der Waals surface area (Å²) in [6.07, 6.45) is 0.0840. The maximum Gasteiger partial charge on any atom is 0.326 e. The Hall–Kier alpha value is -2.32. The third-order valence-electron chi connectivity index (χ3n) is 2.89. The second kappa shape index (κ2) is 9.59. The molecule has 0 saturated carbocycles. The topological polar surface area (TPSA) is 153 Å². The van der Waals surface area contributed by atoms with E-state index in [2.05, 4.69) is 10.6 Å². The van der Waals surface area contributed by atoms with E-state index in [0.717, 1.165) is 0 Å². The van der Waals surface area contributed by atoms with E-state index in [4.69, 9.17) is 15.3 Å². The van der Waals surface area contributed by atoms with Crippen LogP contribution in [0.4, 0.5) is 4.79 Å². The molecule has 0 aromatic heterocycles. The molecule has 2 amide bonds. The highest BCUT2D eigenvalue weighted by molar-refractivity contribution is 5.86. The zero-order chi connectivity index (χ0) is 17.3. The molecule has 5 N–H and O–H groups in total. The number of carboxylic acids is 3. The Bertz CT molecular complexity index is 423. The lowest BCUT2D eigenvalue weighted by atomic mass is 10.0. The molecular formula is C13H22N2O7. The van der Waals surface area contributed by atoms with Crippen LogP contribution in [0.2, 0.25) is 0 Å². The second-order valence-corrected chi connectivity index (χ2v) is 5.30. The first-order chi connectivity index (χ1) is 10.1. The summed E-state index contributed by atoms with van der Waals surface area (Å²) in [6, 6.07) is -3.47. The van der Waals surface area contributed by atoms with Gasteiger partial charge in [0.15, 0.2) is 0 Å². The minimum atomic E-state index is -1.39. The number of aliphatic carboxylic acids is 3. The Kier molecular flexibility index (Phi) is 8.58. The molecule has 0 fully saturated rings. The summed E-state index contributed by atoms with van der Waals surface area (Å²) in [6.45, 7) is 3.82. The van der Waals surface area contributed by atoms with Crippen LogP contribution in [0.15, 0.2) is 0 Å². The quantitative estimate of drug-likeness (QED) is 0.393. The standard InChI is InChI=1S/C13H22N2O7/c1-7(2)3-4-8(11(18)19)14-13(22)15-9(12(20)21)5-6-10(16)17/h7-9H,3-6H2,1-2H3,(H,16,17)(H,18,19)(H,20,21)(H2,14,15,22)/t8-,9+/m0/s1. The summed E-state index contributed by atoms with van der Waals surface area (Å²) in [5, 5.41) is 30.7. The van der Waals surface area contributed by atoms with Gasteiger partial charge in [-0.05, 0) is 25.2 Å². The van der Waals surface area contributed by atoms with Gasteiger partial charge in [0.1, 0.15) is 12.1 Å². The molecule has 0 aromatic carbocycles. The van der Waals surface area contributed by atoms with Gasteiger partial charge in [-0.3, -0.25) is 4.79 Å². The number of amides is 2. The number of carbonyl (C=O) groups excluding carboxylic acids is 1. The fourth-order valence-electron chi connectivity index (χ4n) is 1.64. The summed E-state index contributed by atoms with van der Waals surface area (Å²) in [4.78, 5) is 44.1. The van der Waals surface area contributed by atoms with Gasteiger partial charge < -0.3 is 26.0 Å². The lowest BCUT2D eigenvalue weighted by Crippen LogP contribution is -2.51. The largest absolute Gasteiger partial charge is 0.481 e. The predicted octanol–water partition coefficient (Wildman–Crippen LogP) is 0.493. The number of carbonyl (C=O) groups is 4. The zero-order valence-electron chi connectivity index (χ0n) is 12.5. The summed E-state index contributed by atoms with van der Waals surface area (Å²) in [5.74, 6) is -3.53. The van der Waals surface area contributed by atoms with Crippen molar-refractivity contribution >= 4 is 23.9 Å². The van der Waals surface area contributed by atoms with Crippen molar-refractivity contribution in [2.45, 2.75) is 51.6 Å². The first kappa shape index (κ1) is 19.7. The van der Waals surface area contributed by atoms with Gasteiger partial charge in [0.25, 0.3) is 0 Å². The van der Waals surface area contributed by atoms with E-state index in [1.54, 1.807) is 0 Å². The normalized spacial score (nSPS) is 13.2. The Labute approximate surface area is 127 Å². The SMILES string of the molecule is CC(C)CC[C@H](NC(=O)N[C@H](CCC(=O)O)C(=O)O)C(=O)O. The van der Waals surface area contributed by atoms with Crippen molar-refractivity contribution in [3.63, 3.8) is 0 Å². The first-order valence-corrected chi connectivity index (χ1v) is 6.88. The van der Waals surface area contributed by atoms with Crippen LogP contribution in [-0.2, 0) is 14.4 Å². The van der Waals surface area contributed by atoms with Crippen LogP contribution in [0.5, 0.6) is 0 Å². The van der Waals surface area contributed by atoms with E-state index in [0.29, 0.717) is 6.42 Å². The molecule has 0 bridgehead atoms. The molecule has 0 radical (unpaired) electrons. The van der Waals surface area contributed by atoms with Crippen LogP contribution in [0.1, 0.15) is 39.5 Å². The Balaban J connectivity index is 4.54. The predicted molar refractivity (Wildman–Crippen MR) is 75.5 cm³/mol. The Morgan fingerprint density at radius 2 is 1.27 bits per heavy atom. The molecule has 9 nitrogen and oxygen atoms in total. The molecule has 0 spiro atoms. The van der Waals surface area contributed by atoms with E-state index in [1.807, 2.05) is 13.8 Å². The van der Waals surface area contributed by atoms with Gasteiger partial charge >= 0.3 is 23.9 Å². The van der Waals surface area contributed by atoms with E-state index in [1.165, 1.54) is 0 Å². The lowest BCUT2D eigenvalue weighted by molar-refractivity contribution is -0.140. The van der Waals surface area contributed by atoms with Crippen LogP contribution in [0, 0.1) is 5.92 Å². The average Bonchev–Trinajstić information content (AvgIpc) is 2.38. The number of hydrogen-bond donors (Lipinski definition) is 5. The summed E-state index contributed by atoms with van der Waals surface area (Å²) in [7, 11) is 0. The van der Waals surface area contributed by atoms with Crippen LogP contribution in [0.3, 0.4) is 0 Å². The maximum absolute atomic E-state index is 11.7. The van der Waals surface area contributed by atoms with Gasteiger partial charge in [0.05, 0.1) is 0 Å². The number of hydrogen-bond acceptors (Lipinski definition) is 4. The van der Waals surface area contributed by atoms with Gasteiger partial charge in [-0.25, -0.2) is 14.4 Å². The van der Waals surface area contributed by atoms with Crippen LogP contribution in [-0.4, -0.2) is 51.3 Å². The minimum Gasteiger partial charge on any atom is -0.481 e. The first-order valence-electron chi connectivity index (χ1n) is 6.88. The van der Waals surface area contributed by atoms with Crippen molar-refractivity contribution < 1.29 is 34.5 Å². The molecule has 22 heavy (non-hydrogen) atoms. The summed E-state index contributed by atoms with van der Waals surface area (Å²) < 4.78 is 0. The van der Waals surface area contributed by atoms with E-state index >= 15 is 0 Å². The summed E-state index contributed by atoms with van der Waals surface area (Å²) in [5.41, 5.74) is 0. The van der Waals surface area contributed by atoms with E-state index < -0.39 is 42.4 Å². The lowest BCUT2D eigenvalue weighted by Gasteiger charge is -2.18. The zero-order valence-corrected chi connectivity index (χ0v) is 12.5. The maximum atomic E-state index is 11.7. The molecule has 0 aliphatic rings. The molecule has 0 unspecified atom stereocenters. The molecule has 9 heteroatoms. The molecular weight excluding hydrogens is 296 g/mol. The molecule has 0 aromatic rings. The van der Waals surface area contributed by atoms with E-state index in [-0.39, 0.29) is 18.8 Å². The highest BCUT2D eigenvalue weighted by Gasteiger charge is 2.24. The van der Waals surface area contributed by atoms with Crippen molar-refractivity contribution in [2.75, 3.05) is 0 Å². The molecule has 0 heterocycles. The van der Waals surface area contributed by atoms with Gasteiger partial charge in [-0.15, -0.1) is 0 Å². The Morgan fingerprint density at radius 3 is 1.64 bits per heavy atom. The van der Waals surface area contributed by atoms with Crippen LogP contribution < -0.4 is 10.6 Å². The van der Waals surface area contributed by atoms with Crippen molar-refractivity contribution in [3.05, 3.63) is 0 Å². The molecule has 126 valence electrons. The van der Waals surface area contributed by atoms with Crippen molar-refractivity contribution in [1.82, 2.24) is 10.6 Å². The molecule has 0 aliphatic carbocycles. The monoisotopic (exact) mass is 318 g/mol. The third-order valence-corrected chi connectivity index (χ3v) is 2.89.